The molecule has 0 unspecified atom stereocenters. The smallest absolute Gasteiger partial charge is 0.224 e. The molecule has 0 radical (unpaired) electrons. The Morgan fingerprint density at radius 1 is 1.44 bits per heavy atom. The van der Waals surface area contributed by atoms with E-state index in [4.69, 9.17) is 6.42 Å². The molecule has 0 bridgehead atoms. The Hall–Kier alpha value is -1.75. The van der Waals surface area contributed by atoms with Gasteiger partial charge in [-0.3, -0.25) is 4.79 Å². The summed E-state index contributed by atoms with van der Waals surface area (Å²) < 4.78 is 0. The first-order chi connectivity index (χ1) is 7.40. The Morgan fingerprint density at radius 2 is 2.12 bits per heavy atom. The third kappa shape index (κ3) is 4.18. The van der Waals surface area contributed by atoms with Crippen LogP contribution in [0.25, 0.3) is 0 Å². The normalized spacial score (nSPS) is 10.6. The van der Waals surface area contributed by atoms with Crippen LogP contribution in [0.5, 0.6) is 0 Å². The van der Waals surface area contributed by atoms with E-state index in [1.807, 2.05) is 39.0 Å². The summed E-state index contributed by atoms with van der Waals surface area (Å²) in [6, 6.07) is 7.29. The van der Waals surface area contributed by atoms with Crippen LogP contribution >= 0.6 is 0 Å². The highest BCUT2D eigenvalue weighted by Gasteiger charge is 2.15. The van der Waals surface area contributed by atoms with Crippen LogP contribution in [0.2, 0.25) is 0 Å². The summed E-state index contributed by atoms with van der Waals surface area (Å²) in [5.74, 6) is 2.55. The van der Waals surface area contributed by atoms with Crippen molar-refractivity contribution >= 4 is 11.6 Å². The van der Waals surface area contributed by atoms with Crippen LogP contribution in [0, 0.1) is 17.8 Å². The molecule has 0 atom stereocenters. The minimum atomic E-state index is -0.00614. The summed E-state index contributed by atoms with van der Waals surface area (Å²) in [5, 5.41) is 2.84. The van der Waals surface area contributed by atoms with Gasteiger partial charge in [-0.2, -0.15) is 0 Å². The summed E-state index contributed by atoms with van der Waals surface area (Å²) in [4.78, 5) is 11.7. The largest absolute Gasteiger partial charge is 0.326 e. The van der Waals surface area contributed by atoms with E-state index in [9.17, 15) is 4.79 Å². The molecule has 0 aliphatic rings. The number of carbonyl (C=O) groups excluding carboxylic acids is 1. The maximum absolute atomic E-state index is 11.7. The van der Waals surface area contributed by atoms with Crippen molar-refractivity contribution in [2.45, 2.75) is 27.2 Å². The van der Waals surface area contributed by atoms with E-state index in [0.29, 0.717) is 6.42 Å². The predicted molar refractivity (Wildman–Crippen MR) is 67.1 cm³/mol. The fraction of sp³-hybridized carbons (Fsp3) is 0.357. The first-order valence-corrected chi connectivity index (χ1v) is 5.27. The SMILES string of the molecule is C#Cc1cccc(NC(=O)CC(C)(C)C)c1. The fourth-order valence-corrected chi connectivity index (χ4v) is 1.37. The lowest BCUT2D eigenvalue weighted by molar-refractivity contribution is -0.117. The summed E-state index contributed by atoms with van der Waals surface area (Å²) in [7, 11) is 0. The van der Waals surface area contributed by atoms with E-state index >= 15 is 0 Å². The van der Waals surface area contributed by atoms with E-state index in [0.717, 1.165) is 11.3 Å². The highest BCUT2D eigenvalue weighted by molar-refractivity contribution is 5.91. The summed E-state index contributed by atoms with van der Waals surface area (Å²) in [6.45, 7) is 6.10. The van der Waals surface area contributed by atoms with Gasteiger partial charge in [0.15, 0.2) is 0 Å². The minimum absolute atomic E-state index is 0.00614. The zero-order chi connectivity index (χ0) is 12.2. The second-order valence-corrected chi connectivity index (χ2v) is 5.01. The van der Waals surface area contributed by atoms with Crippen LogP contribution in [0.3, 0.4) is 0 Å². The van der Waals surface area contributed by atoms with Gasteiger partial charge in [-0.05, 0) is 23.6 Å². The molecule has 0 aliphatic heterocycles. The molecular weight excluding hydrogens is 198 g/mol. The van der Waals surface area contributed by atoms with Gasteiger partial charge < -0.3 is 5.32 Å². The zero-order valence-corrected chi connectivity index (χ0v) is 10.0. The van der Waals surface area contributed by atoms with Crippen molar-refractivity contribution < 1.29 is 4.79 Å². The second kappa shape index (κ2) is 4.85. The molecule has 1 N–H and O–H groups in total. The number of anilines is 1. The predicted octanol–water partition coefficient (Wildman–Crippen LogP) is 3.04. The summed E-state index contributed by atoms with van der Waals surface area (Å²) >= 11 is 0. The number of nitrogens with one attached hydrogen (secondary N) is 1. The van der Waals surface area contributed by atoms with Crippen LogP contribution in [0.1, 0.15) is 32.8 Å². The Labute approximate surface area is 97.1 Å². The van der Waals surface area contributed by atoms with Gasteiger partial charge in [0, 0.05) is 17.7 Å². The number of benzene rings is 1. The van der Waals surface area contributed by atoms with Crippen LogP contribution in [0.15, 0.2) is 24.3 Å². The lowest BCUT2D eigenvalue weighted by Crippen LogP contribution is -2.19. The third-order valence-corrected chi connectivity index (χ3v) is 2.00. The van der Waals surface area contributed by atoms with E-state index in [2.05, 4.69) is 11.2 Å². The maximum Gasteiger partial charge on any atom is 0.224 e. The molecule has 16 heavy (non-hydrogen) atoms. The monoisotopic (exact) mass is 215 g/mol. The molecule has 0 saturated heterocycles. The van der Waals surface area contributed by atoms with Crippen LogP contribution < -0.4 is 5.32 Å². The first kappa shape index (κ1) is 12.3. The fourth-order valence-electron chi connectivity index (χ4n) is 1.37. The molecule has 1 amide bonds. The van der Waals surface area contributed by atoms with Crippen molar-refractivity contribution in [3.63, 3.8) is 0 Å². The van der Waals surface area contributed by atoms with E-state index in [-0.39, 0.29) is 11.3 Å². The van der Waals surface area contributed by atoms with Crippen LogP contribution in [-0.4, -0.2) is 5.91 Å². The molecule has 1 aromatic rings. The number of amides is 1. The number of rotatable bonds is 2. The minimum Gasteiger partial charge on any atom is -0.326 e. The first-order valence-electron chi connectivity index (χ1n) is 5.27. The van der Waals surface area contributed by atoms with E-state index < -0.39 is 0 Å². The summed E-state index contributed by atoms with van der Waals surface area (Å²) in [6.07, 6.45) is 5.78. The molecule has 0 aromatic heterocycles. The number of carbonyl (C=O) groups is 1. The number of hydrogen-bond donors (Lipinski definition) is 1. The molecule has 84 valence electrons. The average molecular weight is 215 g/mol. The Kier molecular flexibility index (Phi) is 3.73. The van der Waals surface area contributed by atoms with Gasteiger partial charge in [0.05, 0.1) is 0 Å². The van der Waals surface area contributed by atoms with Crippen molar-refractivity contribution in [2.75, 3.05) is 5.32 Å². The summed E-state index contributed by atoms with van der Waals surface area (Å²) in [5.41, 5.74) is 1.52. The highest BCUT2D eigenvalue weighted by atomic mass is 16.1. The molecule has 1 aromatic carbocycles. The molecule has 2 nitrogen and oxygen atoms in total. The molecule has 0 fully saturated rings. The van der Waals surface area contributed by atoms with E-state index in [1.165, 1.54) is 0 Å². The van der Waals surface area contributed by atoms with Crippen molar-refractivity contribution in [1.82, 2.24) is 0 Å². The van der Waals surface area contributed by atoms with Gasteiger partial charge in [-0.15, -0.1) is 6.42 Å². The number of terminal acetylenes is 1. The van der Waals surface area contributed by atoms with Crippen molar-refractivity contribution in [3.8, 4) is 12.3 Å². The van der Waals surface area contributed by atoms with Crippen molar-refractivity contribution in [2.24, 2.45) is 5.41 Å². The molecule has 2 heteroatoms. The molecule has 0 heterocycles. The van der Waals surface area contributed by atoms with E-state index in [1.54, 1.807) is 6.07 Å². The lowest BCUT2D eigenvalue weighted by Gasteiger charge is -2.17. The third-order valence-electron chi connectivity index (χ3n) is 2.00. The van der Waals surface area contributed by atoms with Crippen LogP contribution in [0.4, 0.5) is 5.69 Å². The van der Waals surface area contributed by atoms with Crippen molar-refractivity contribution in [3.05, 3.63) is 29.8 Å². The molecule has 1 rings (SSSR count). The highest BCUT2D eigenvalue weighted by Crippen LogP contribution is 2.19. The Morgan fingerprint density at radius 3 is 2.69 bits per heavy atom. The Balaban J connectivity index is 2.67. The zero-order valence-electron chi connectivity index (χ0n) is 10.0. The average Bonchev–Trinajstić information content (AvgIpc) is 2.15. The molecular formula is C14H17NO. The van der Waals surface area contributed by atoms with Gasteiger partial charge in [0.2, 0.25) is 5.91 Å². The molecule has 0 spiro atoms. The number of hydrogen-bond acceptors (Lipinski definition) is 1. The second-order valence-electron chi connectivity index (χ2n) is 5.01. The van der Waals surface area contributed by atoms with Crippen LogP contribution in [-0.2, 0) is 4.79 Å². The molecule has 0 aliphatic carbocycles. The van der Waals surface area contributed by atoms with Gasteiger partial charge >= 0.3 is 0 Å². The Bertz CT molecular complexity index is 421. The van der Waals surface area contributed by atoms with Gasteiger partial charge in [0.1, 0.15) is 0 Å². The van der Waals surface area contributed by atoms with Crippen molar-refractivity contribution in [1.29, 1.82) is 0 Å². The standard InChI is InChI=1S/C14H17NO/c1-5-11-7-6-8-12(9-11)15-13(16)10-14(2,3)4/h1,6-9H,10H2,2-4H3,(H,15,16). The van der Waals surface area contributed by atoms with Gasteiger partial charge in [-0.1, -0.05) is 32.8 Å². The quantitative estimate of drug-likeness (QED) is 0.755. The molecule has 0 saturated carbocycles. The topological polar surface area (TPSA) is 29.1 Å². The van der Waals surface area contributed by atoms with Gasteiger partial charge in [-0.25, -0.2) is 0 Å². The maximum atomic E-state index is 11.7. The lowest BCUT2D eigenvalue weighted by atomic mass is 9.92. The van der Waals surface area contributed by atoms with Gasteiger partial charge in [0.25, 0.3) is 0 Å².